The first-order valence-corrected chi connectivity index (χ1v) is 10.8. The third kappa shape index (κ3) is 3.63. The van der Waals surface area contributed by atoms with Crippen molar-refractivity contribution in [3.05, 3.63) is 58.4 Å². The SMILES string of the molecule is O=C1CCC(N2Cc3cc(NS(=O)(=O)c4ccc(F)c(Cl)c4)ccc3C2=O)C(=O)N1. The number of nitrogens with zero attached hydrogens (tertiary/aromatic N) is 1. The van der Waals surface area contributed by atoms with Crippen LogP contribution in [0.25, 0.3) is 0 Å². The van der Waals surface area contributed by atoms with Crippen molar-refractivity contribution in [3.63, 3.8) is 0 Å². The zero-order valence-corrected chi connectivity index (χ0v) is 16.9. The van der Waals surface area contributed by atoms with Crippen LogP contribution in [0.5, 0.6) is 0 Å². The van der Waals surface area contributed by atoms with Crippen LogP contribution in [0, 0.1) is 5.82 Å². The standard InChI is InChI=1S/C19H15ClFN3O5S/c20-14-8-12(2-4-15(14)21)30(28,29)23-11-1-3-13-10(7-11)9-24(19(13)27)16-5-6-17(25)22-18(16)26/h1-4,7-8,16,23H,5-6,9H2,(H,22,25,26). The average molecular weight is 452 g/mol. The molecule has 30 heavy (non-hydrogen) atoms. The van der Waals surface area contributed by atoms with E-state index in [1.807, 2.05) is 0 Å². The highest BCUT2D eigenvalue weighted by Crippen LogP contribution is 2.30. The van der Waals surface area contributed by atoms with Gasteiger partial charge in [-0.15, -0.1) is 0 Å². The summed E-state index contributed by atoms with van der Waals surface area (Å²) >= 11 is 5.66. The van der Waals surface area contributed by atoms with Crippen LogP contribution in [0.15, 0.2) is 41.3 Å². The van der Waals surface area contributed by atoms with Crippen LogP contribution in [0.1, 0.15) is 28.8 Å². The summed E-state index contributed by atoms with van der Waals surface area (Å²) < 4.78 is 40.8. The van der Waals surface area contributed by atoms with Gasteiger partial charge in [0.2, 0.25) is 11.8 Å². The summed E-state index contributed by atoms with van der Waals surface area (Å²) in [4.78, 5) is 37.3. The number of imide groups is 1. The minimum atomic E-state index is -4.03. The lowest BCUT2D eigenvalue weighted by Gasteiger charge is -2.29. The van der Waals surface area contributed by atoms with Gasteiger partial charge in [-0.1, -0.05) is 11.6 Å². The Balaban J connectivity index is 1.56. The van der Waals surface area contributed by atoms with E-state index in [9.17, 15) is 27.2 Å². The van der Waals surface area contributed by atoms with Crippen LogP contribution < -0.4 is 10.0 Å². The Labute approximate surface area is 176 Å². The lowest BCUT2D eigenvalue weighted by Crippen LogP contribution is -2.52. The molecule has 1 atom stereocenters. The predicted molar refractivity (Wildman–Crippen MR) is 105 cm³/mol. The molecule has 4 rings (SSSR count). The van der Waals surface area contributed by atoms with Crippen LogP contribution in [0.2, 0.25) is 5.02 Å². The van der Waals surface area contributed by atoms with E-state index in [1.54, 1.807) is 0 Å². The summed E-state index contributed by atoms with van der Waals surface area (Å²) in [6.45, 7) is 0.110. The molecule has 1 saturated heterocycles. The minimum absolute atomic E-state index is 0.110. The number of piperidine rings is 1. The Kier molecular flexibility index (Phi) is 4.99. The van der Waals surface area contributed by atoms with Crippen molar-refractivity contribution in [3.8, 4) is 0 Å². The quantitative estimate of drug-likeness (QED) is 0.691. The molecule has 0 radical (unpaired) electrons. The van der Waals surface area contributed by atoms with Gasteiger partial charge in [0.15, 0.2) is 0 Å². The molecule has 156 valence electrons. The Bertz CT molecular complexity index is 1200. The molecule has 0 aromatic heterocycles. The third-order valence-corrected chi connectivity index (χ3v) is 6.65. The molecule has 1 fully saturated rings. The van der Waals surface area contributed by atoms with Crippen molar-refractivity contribution in [2.24, 2.45) is 0 Å². The highest BCUT2D eigenvalue weighted by molar-refractivity contribution is 7.92. The van der Waals surface area contributed by atoms with Gasteiger partial charge in [0.05, 0.1) is 9.92 Å². The molecule has 0 aliphatic carbocycles. The van der Waals surface area contributed by atoms with E-state index in [4.69, 9.17) is 11.6 Å². The number of benzene rings is 2. The molecular weight excluding hydrogens is 437 g/mol. The fourth-order valence-corrected chi connectivity index (χ4v) is 4.82. The van der Waals surface area contributed by atoms with E-state index in [-0.39, 0.29) is 46.8 Å². The summed E-state index contributed by atoms with van der Waals surface area (Å²) in [5, 5.41) is 1.90. The number of carbonyl (C=O) groups is 3. The van der Waals surface area contributed by atoms with Crippen molar-refractivity contribution in [1.82, 2.24) is 10.2 Å². The Hall–Kier alpha value is -2.98. The number of rotatable bonds is 4. The maximum atomic E-state index is 13.3. The van der Waals surface area contributed by atoms with Crippen molar-refractivity contribution in [2.45, 2.75) is 30.3 Å². The van der Waals surface area contributed by atoms with Crippen LogP contribution in [0.3, 0.4) is 0 Å². The van der Waals surface area contributed by atoms with E-state index in [0.29, 0.717) is 11.1 Å². The van der Waals surface area contributed by atoms with Gasteiger partial charge >= 0.3 is 0 Å². The number of fused-ring (bicyclic) bond motifs is 1. The first-order valence-electron chi connectivity index (χ1n) is 8.91. The Morgan fingerprint density at radius 1 is 1.13 bits per heavy atom. The molecule has 0 spiro atoms. The number of amides is 3. The highest BCUT2D eigenvalue weighted by atomic mass is 35.5. The Morgan fingerprint density at radius 2 is 1.90 bits per heavy atom. The number of carbonyl (C=O) groups excluding carboxylic acids is 3. The van der Waals surface area contributed by atoms with Gasteiger partial charge in [0, 0.05) is 24.2 Å². The molecule has 0 saturated carbocycles. The molecular formula is C19H15ClFN3O5S. The van der Waals surface area contributed by atoms with Gasteiger partial charge in [-0.2, -0.15) is 0 Å². The number of hydrogen-bond acceptors (Lipinski definition) is 5. The molecule has 2 heterocycles. The minimum Gasteiger partial charge on any atom is -0.322 e. The van der Waals surface area contributed by atoms with Gasteiger partial charge in [-0.3, -0.25) is 24.4 Å². The molecule has 2 aromatic rings. The predicted octanol–water partition coefficient (Wildman–Crippen LogP) is 2.04. The molecule has 2 aliphatic rings. The zero-order chi connectivity index (χ0) is 21.6. The maximum Gasteiger partial charge on any atom is 0.261 e. The van der Waals surface area contributed by atoms with Crippen LogP contribution >= 0.6 is 11.6 Å². The molecule has 0 bridgehead atoms. The van der Waals surface area contributed by atoms with Gasteiger partial charge < -0.3 is 4.90 Å². The smallest absolute Gasteiger partial charge is 0.261 e. The second kappa shape index (κ2) is 7.37. The van der Waals surface area contributed by atoms with Crippen LogP contribution in [0.4, 0.5) is 10.1 Å². The average Bonchev–Trinajstić information content (AvgIpc) is 2.99. The summed E-state index contributed by atoms with van der Waals surface area (Å²) in [5.41, 5.74) is 1.10. The number of hydrogen-bond donors (Lipinski definition) is 2. The van der Waals surface area contributed by atoms with E-state index >= 15 is 0 Å². The molecule has 1 unspecified atom stereocenters. The molecule has 11 heteroatoms. The number of sulfonamides is 1. The molecule has 2 aromatic carbocycles. The molecule has 2 aliphatic heterocycles. The summed E-state index contributed by atoms with van der Waals surface area (Å²) in [6, 6.07) is 6.68. The van der Waals surface area contributed by atoms with Crippen molar-refractivity contribution >= 4 is 45.0 Å². The third-order valence-electron chi connectivity index (χ3n) is 4.98. The lowest BCUT2D eigenvalue weighted by atomic mass is 10.0. The van der Waals surface area contributed by atoms with Crippen molar-refractivity contribution in [1.29, 1.82) is 0 Å². The molecule has 3 amide bonds. The van der Waals surface area contributed by atoms with Crippen molar-refractivity contribution < 1.29 is 27.2 Å². The normalized spacial score (nSPS) is 18.9. The largest absolute Gasteiger partial charge is 0.322 e. The maximum absolute atomic E-state index is 13.3. The second-order valence-electron chi connectivity index (χ2n) is 6.95. The molecule has 2 N–H and O–H groups in total. The molecule has 8 nitrogen and oxygen atoms in total. The van der Waals surface area contributed by atoms with Crippen LogP contribution in [-0.2, 0) is 26.2 Å². The second-order valence-corrected chi connectivity index (χ2v) is 9.04. The van der Waals surface area contributed by atoms with Gasteiger partial charge in [-0.05, 0) is 48.4 Å². The number of nitrogens with one attached hydrogen (secondary N) is 2. The van der Waals surface area contributed by atoms with E-state index in [0.717, 1.165) is 18.2 Å². The number of anilines is 1. The summed E-state index contributed by atoms with van der Waals surface area (Å²) in [7, 11) is -4.03. The monoisotopic (exact) mass is 451 g/mol. The van der Waals surface area contributed by atoms with E-state index < -0.39 is 27.8 Å². The van der Waals surface area contributed by atoms with E-state index in [2.05, 4.69) is 10.0 Å². The topological polar surface area (TPSA) is 113 Å². The summed E-state index contributed by atoms with van der Waals surface area (Å²) in [6.07, 6.45) is 0.372. The highest BCUT2D eigenvalue weighted by Gasteiger charge is 2.39. The van der Waals surface area contributed by atoms with Gasteiger partial charge in [-0.25, -0.2) is 12.8 Å². The zero-order valence-electron chi connectivity index (χ0n) is 15.3. The Morgan fingerprint density at radius 3 is 2.60 bits per heavy atom. The fraction of sp³-hybridized carbons (Fsp3) is 0.211. The van der Waals surface area contributed by atoms with Gasteiger partial charge in [0.1, 0.15) is 11.9 Å². The first-order chi connectivity index (χ1) is 14.2. The van der Waals surface area contributed by atoms with Gasteiger partial charge in [0.25, 0.3) is 15.9 Å². The van der Waals surface area contributed by atoms with Crippen molar-refractivity contribution in [2.75, 3.05) is 4.72 Å². The first kappa shape index (κ1) is 20.3. The number of halogens is 2. The lowest BCUT2D eigenvalue weighted by molar-refractivity contribution is -0.136. The van der Waals surface area contributed by atoms with E-state index in [1.165, 1.54) is 23.1 Å². The summed E-state index contributed by atoms with van der Waals surface area (Å²) in [5.74, 6) is -2.00. The fourth-order valence-electron chi connectivity index (χ4n) is 3.50. The van der Waals surface area contributed by atoms with Crippen LogP contribution in [-0.4, -0.2) is 37.1 Å².